The fraction of sp³-hybridized carbons (Fsp3) is 0.417. The maximum atomic E-state index is 11.3. The largest absolute Gasteiger partial charge is 0.382 e. The van der Waals surface area contributed by atoms with Crippen molar-refractivity contribution in [3.63, 3.8) is 0 Å². The number of hydrogen-bond donors (Lipinski definition) is 2. The molecule has 0 bridgehead atoms. The van der Waals surface area contributed by atoms with E-state index in [1.807, 2.05) is 11.0 Å². The predicted molar refractivity (Wildman–Crippen MR) is 70.9 cm³/mol. The Kier molecular flexibility index (Phi) is 3.96. The summed E-state index contributed by atoms with van der Waals surface area (Å²) in [4.78, 5) is 23.8. The maximum absolute atomic E-state index is 11.3. The van der Waals surface area contributed by atoms with Crippen LogP contribution in [0.2, 0.25) is 0 Å². The van der Waals surface area contributed by atoms with Crippen molar-refractivity contribution in [2.75, 3.05) is 32.0 Å². The van der Waals surface area contributed by atoms with E-state index in [1.165, 1.54) is 6.07 Å². The first kappa shape index (κ1) is 13.3. The van der Waals surface area contributed by atoms with Crippen LogP contribution >= 0.6 is 0 Å². The number of piperazine rings is 1. The van der Waals surface area contributed by atoms with Gasteiger partial charge in [0, 0.05) is 32.7 Å². The molecule has 7 nitrogen and oxygen atoms in total. The van der Waals surface area contributed by atoms with Gasteiger partial charge >= 0.3 is 0 Å². The quantitative estimate of drug-likeness (QED) is 0.613. The van der Waals surface area contributed by atoms with Crippen molar-refractivity contribution in [2.45, 2.75) is 6.54 Å². The summed E-state index contributed by atoms with van der Waals surface area (Å²) in [6, 6.07) is 4.97. The van der Waals surface area contributed by atoms with Crippen LogP contribution < -0.4 is 10.6 Å². The standard InChI is InChI=1S/C12H16N4O3/c1-13-12-9(3-2-4-10(12)16(18)19)7-15-6-5-14-11(17)8-15/h2-4,13H,5-8H2,1H3,(H,14,17). The van der Waals surface area contributed by atoms with Gasteiger partial charge in [0.25, 0.3) is 5.69 Å². The average molecular weight is 264 g/mol. The zero-order chi connectivity index (χ0) is 13.8. The van der Waals surface area contributed by atoms with Gasteiger partial charge in [-0.15, -0.1) is 0 Å². The lowest BCUT2D eigenvalue weighted by Gasteiger charge is -2.27. The number of para-hydroxylation sites is 1. The lowest BCUT2D eigenvalue weighted by molar-refractivity contribution is -0.384. The van der Waals surface area contributed by atoms with Gasteiger partial charge in [0.1, 0.15) is 5.69 Å². The summed E-state index contributed by atoms with van der Waals surface area (Å²) in [5.74, 6) is -0.0114. The summed E-state index contributed by atoms with van der Waals surface area (Å²) >= 11 is 0. The highest BCUT2D eigenvalue weighted by atomic mass is 16.6. The van der Waals surface area contributed by atoms with Crippen LogP contribution in [0, 0.1) is 10.1 Å². The van der Waals surface area contributed by atoms with E-state index in [0.29, 0.717) is 25.3 Å². The maximum Gasteiger partial charge on any atom is 0.292 e. The molecule has 0 spiro atoms. The second-order valence-electron chi connectivity index (χ2n) is 4.38. The fourth-order valence-corrected chi connectivity index (χ4v) is 2.23. The van der Waals surface area contributed by atoms with Crippen LogP contribution in [-0.4, -0.2) is 42.4 Å². The first-order valence-corrected chi connectivity index (χ1v) is 6.05. The number of nitro benzene ring substituents is 1. The third kappa shape index (κ3) is 3.00. The molecule has 102 valence electrons. The van der Waals surface area contributed by atoms with Gasteiger partial charge in [0.15, 0.2) is 0 Å². The summed E-state index contributed by atoms with van der Waals surface area (Å²) in [5.41, 5.74) is 1.39. The summed E-state index contributed by atoms with van der Waals surface area (Å²) in [6.45, 7) is 2.21. The minimum atomic E-state index is -0.405. The number of amides is 1. The smallest absolute Gasteiger partial charge is 0.292 e. The van der Waals surface area contributed by atoms with E-state index in [2.05, 4.69) is 10.6 Å². The summed E-state index contributed by atoms with van der Waals surface area (Å²) < 4.78 is 0. The number of carbonyl (C=O) groups excluding carboxylic acids is 1. The number of anilines is 1. The van der Waals surface area contributed by atoms with Gasteiger partial charge in [-0.2, -0.15) is 0 Å². The topological polar surface area (TPSA) is 87.5 Å². The Bertz CT molecular complexity index is 504. The predicted octanol–water partition coefficient (Wildman–Crippen LogP) is 0.568. The van der Waals surface area contributed by atoms with Crippen LogP contribution in [0.4, 0.5) is 11.4 Å². The summed E-state index contributed by atoms with van der Waals surface area (Å²) in [5, 5.41) is 16.6. The van der Waals surface area contributed by atoms with E-state index >= 15 is 0 Å². The van der Waals surface area contributed by atoms with Crippen molar-refractivity contribution in [3.8, 4) is 0 Å². The molecular formula is C12H16N4O3. The van der Waals surface area contributed by atoms with E-state index in [9.17, 15) is 14.9 Å². The van der Waals surface area contributed by atoms with Crippen molar-refractivity contribution in [1.29, 1.82) is 0 Å². The Balaban J connectivity index is 2.22. The molecule has 1 aliphatic heterocycles. The molecule has 1 fully saturated rings. The third-order valence-corrected chi connectivity index (χ3v) is 3.09. The second-order valence-corrected chi connectivity index (χ2v) is 4.38. The average Bonchev–Trinajstić information content (AvgIpc) is 2.38. The van der Waals surface area contributed by atoms with Gasteiger partial charge in [0.05, 0.1) is 11.5 Å². The molecule has 1 saturated heterocycles. The number of nitrogens with one attached hydrogen (secondary N) is 2. The van der Waals surface area contributed by atoms with Crippen LogP contribution in [0.15, 0.2) is 18.2 Å². The molecular weight excluding hydrogens is 248 g/mol. The number of carbonyl (C=O) groups is 1. The molecule has 0 aromatic heterocycles. The van der Waals surface area contributed by atoms with Gasteiger partial charge in [-0.05, 0) is 5.56 Å². The molecule has 0 radical (unpaired) electrons. The van der Waals surface area contributed by atoms with Crippen molar-refractivity contribution >= 4 is 17.3 Å². The number of nitrogens with zero attached hydrogens (tertiary/aromatic N) is 2. The monoisotopic (exact) mass is 264 g/mol. The first-order chi connectivity index (χ1) is 9.11. The van der Waals surface area contributed by atoms with E-state index in [-0.39, 0.29) is 11.6 Å². The van der Waals surface area contributed by atoms with Gasteiger partial charge in [-0.25, -0.2) is 0 Å². The number of hydrogen-bond acceptors (Lipinski definition) is 5. The minimum Gasteiger partial charge on any atom is -0.382 e. The summed E-state index contributed by atoms with van der Waals surface area (Å²) in [7, 11) is 1.66. The highest BCUT2D eigenvalue weighted by Crippen LogP contribution is 2.28. The molecule has 19 heavy (non-hydrogen) atoms. The normalized spacial score (nSPS) is 15.9. The van der Waals surface area contributed by atoms with Crippen LogP contribution in [0.3, 0.4) is 0 Å². The molecule has 1 aromatic carbocycles. The van der Waals surface area contributed by atoms with E-state index in [0.717, 1.165) is 12.1 Å². The van der Waals surface area contributed by atoms with Gasteiger partial charge in [-0.1, -0.05) is 12.1 Å². The Morgan fingerprint density at radius 3 is 2.95 bits per heavy atom. The minimum absolute atomic E-state index is 0.0114. The van der Waals surface area contributed by atoms with E-state index in [4.69, 9.17) is 0 Å². The zero-order valence-corrected chi connectivity index (χ0v) is 10.7. The highest BCUT2D eigenvalue weighted by Gasteiger charge is 2.20. The van der Waals surface area contributed by atoms with Crippen molar-refractivity contribution in [1.82, 2.24) is 10.2 Å². The SMILES string of the molecule is CNc1c(CN2CCNC(=O)C2)cccc1[N+](=O)[O-]. The third-order valence-electron chi connectivity index (χ3n) is 3.09. The molecule has 2 N–H and O–H groups in total. The highest BCUT2D eigenvalue weighted by molar-refractivity contribution is 5.78. The van der Waals surface area contributed by atoms with Crippen LogP contribution in [0.1, 0.15) is 5.56 Å². The number of benzene rings is 1. The van der Waals surface area contributed by atoms with Crippen molar-refractivity contribution < 1.29 is 9.72 Å². The molecule has 7 heteroatoms. The Morgan fingerprint density at radius 1 is 1.53 bits per heavy atom. The van der Waals surface area contributed by atoms with Crippen LogP contribution in [-0.2, 0) is 11.3 Å². The van der Waals surface area contributed by atoms with E-state index < -0.39 is 4.92 Å². The first-order valence-electron chi connectivity index (χ1n) is 6.05. The molecule has 1 aromatic rings. The molecule has 1 heterocycles. The van der Waals surface area contributed by atoms with Crippen molar-refractivity contribution in [3.05, 3.63) is 33.9 Å². The van der Waals surface area contributed by atoms with Crippen molar-refractivity contribution in [2.24, 2.45) is 0 Å². The molecule has 2 rings (SSSR count). The van der Waals surface area contributed by atoms with Gasteiger partial charge in [-0.3, -0.25) is 19.8 Å². The Morgan fingerprint density at radius 2 is 2.32 bits per heavy atom. The fourth-order valence-electron chi connectivity index (χ4n) is 2.23. The molecule has 1 amide bonds. The van der Waals surface area contributed by atoms with Gasteiger partial charge < -0.3 is 10.6 Å². The number of nitro groups is 1. The van der Waals surface area contributed by atoms with Crippen LogP contribution in [0.25, 0.3) is 0 Å². The number of rotatable bonds is 4. The Labute approximate surface area is 110 Å². The van der Waals surface area contributed by atoms with E-state index in [1.54, 1.807) is 13.1 Å². The Hall–Kier alpha value is -2.15. The summed E-state index contributed by atoms with van der Waals surface area (Å²) in [6.07, 6.45) is 0. The molecule has 0 unspecified atom stereocenters. The molecule has 0 atom stereocenters. The lowest BCUT2D eigenvalue weighted by atomic mass is 10.1. The molecule has 0 aliphatic carbocycles. The van der Waals surface area contributed by atoms with Gasteiger partial charge in [0.2, 0.25) is 5.91 Å². The van der Waals surface area contributed by atoms with Crippen LogP contribution in [0.5, 0.6) is 0 Å². The molecule has 0 saturated carbocycles. The zero-order valence-electron chi connectivity index (χ0n) is 10.7. The second kappa shape index (κ2) is 5.66. The molecule has 1 aliphatic rings. The lowest BCUT2D eigenvalue weighted by Crippen LogP contribution is -2.47.